The average molecular weight is 485 g/mol. The Morgan fingerprint density at radius 1 is 1.15 bits per heavy atom. The minimum absolute atomic E-state index is 0. The van der Waals surface area contributed by atoms with E-state index in [1.54, 1.807) is 12.0 Å². The molecular weight excluding hydrogens is 449 g/mol. The smallest absolute Gasteiger partial charge is 0.410 e. The minimum atomic E-state index is -0.443. The van der Waals surface area contributed by atoms with Gasteiger partial charge in [0.05, 0.1) is 13.2 Å². The van der Waals surface area contributed by atoms with Crippen LogP contribution in [0.15, 0.2) is 4.99 Å². The van der Waals surface area contributed by atoms with E-state index in [-0.39, 0.29) is 30.1 Å². The van der Waals surface area contributed by atoms with E-state index in [2.05, 4.69) is 20.5 Å². The SMILES string of the molecule is CCNC(=NCCN1CCN(C(=O)OC(C)(C)C)CC1)NCCOC.I. The molecule has 26 heavy (non-hydrogen) atoms. The summed E-state index contributed by atoms with van der Waals surface area (Å²) in [6.45, 7) is 14.6. The lowest BCUT2D eigenvalue weighted by atomic mass is 10.2. The summed E-state index contributed by atoms with van der Waals surface area (Å²) in [4.78, 5) is 20.7. The summed E-state index contributed by atoms with van der Waals surface area (Å²) in [5.41, 5.74) is -0.443. The van der Waals surface area contributed by atoms with Gasteiger partial charge in [-0.2, -0.15) is 0 Å². The van der Waals surface area contributed by atoms with Crippen LogP contribution < -0.4 is 10.6 Å². The van der Waals surface area contributed by atoms with Crippen LogP contribution in [-0.2, 0) is 9.47 Å². The van der Waals surface area contributed by atoms with E-state index in [4.69, 9.17) is 9.47 Å². The summed E-state index contributed by atoms with van der Waals surface area (Å²) in [6, 6.07) is 0. The van der Waals surface area contributed by atoms with Crippen molar-refractivity contribution in [2.24, 2.45) is 4.99 Å². The first-order chi connectivity index (χ1) is 11.9. The molecule has 0 aliphatic carbocycles. The maximum Gasteiger partial charge on any atom is 0.410 e. The Balaban J connectivity index is 0.00000625. The van der Waals surface area contributed by atoms with Crippen molar-refractivity contribution in [3.8, 4) is 0 Å². The first-order valence-electron chi connectivity index (χ1n) is 9.07. The second-order valence-corrected chi connectivity index (χ2v) is 6.99. The van der Waals surface area contributed by atoms with Crippen LogP contribution in [0.5, 0.6) is 0 Å². The van der Waals surface area contributed by atoms with Crippen molar-refractivity contribution in [3.05, 3.63) is 0 Å². The van der Waals surface area contributed by atoms with E-state index in [0.717, 1.165) is 45.2 Å². The fraction of sp³-hybridized carbons (Fsp3) is 0.882. The van der Waals surface area contributed by atoms with Gasteiger partial charge in [0.25, 0.3) is 0 Å². The highest BCUT2D eigenvalue weighted by atomic mass is 127. The molecule has 1 aliphatic rings. The van der Waals surface area contributed by atoms with Crippen LogP contribution in [0, 0.1) is 0 Å². The fourth-order valence-electron chi connectivity index (χ4n) is 2.40. The Morgan fingerprint density at radius 3 is 2.35 bits per heavy atom. The van der Waals surface area contributed by atoms with Crippen molar-refractivity contribution in [1.29, 1.82) is 0 Å². The van der Waals surface area contributed by atoms with Crippen molar-refractivity contribution in [2.45, 2.75) is 33.3 Å². The topological polar surface area (TPSA) is 78.4 Å². The summed E-state index contributed by atoms with van der Waals surface area (Å²) >= 11 is 0. The largest absolute Gasteiger partial charge is 0.444 e. The summed E-state index contributed by atoms with van der Waals surface area (Å²) in [7, 11) is 1.68. The summed E-state index contributed by atoms with van der Waals surface area (Å²) in [5, 5.41) is 6.45. The summed E-state index contributed by atoms with van der Waals surface area (Å²) in [5.74, 6) is 0.812. The number of carbonyl (C=O) groups excluding carboxylic acids is 1. The Bertz CT molecular complexity index is 421. The quantitative estimate of drug-likeness (QED) is 0.246. The van der Waals surface area contributed by atoms with E-state index in [1.807, 2.05) is 27.7 Å². The van der Waals surface area contributed by atoms with Crippen molar-refractivity contribution < 1.29 is 14.3 Å². The number of hydrogen-bond acceptors (Lipinski definition) is 5. The molecule has 0 aromatic carbocycles. The van der Waals surface area contributed by atoms with Crippen LogP contribution in [0.25, 0.3) is 0 Å². The van der Waals surface area contributed by atoms with Crippen molar-refractivity contribution in [2.75, 3.05) is 66.1 Å². The van der Waals surface area contributed by atoms with Gasteiger partial charge in [0.2, 0.25) is 0 Å². The predicted molar refractivity (Wildman–Crippen MR) is 116 cm³/mol. The van der Waals surface area contributed by atoms with Crippen LogP contribution in [0.3, 0.4) is 0 Å². The number of hydrogen-bond donors (Lipinski definition) is 2. The molecule has 0 saturated carbocycles. The minimum Gasteiger partial charge on any atom is -0.444 e. The third-order valence-electron chi connectivity index (χ3n) is 3.65. The number of rotatable bonds is 7. The van der Waals surface area contributed by atoms with Crippen LogP contribution in [0.2, 0.25) is 0 Å². The monoisotopic (exact) mass is 485 g/mol. The fourth-order valence-corrected chi connectivity index (χ4v) is 2.40. The molecule has 1 rings (SSSR count). The molecule has 0 radical (unpaired) electrons. The molecule has 1 fully saturated rings. The molecule has 1 aliphatic heterocycles. The van der Waals surface area contributed by atoms with Gasteiger partial charge in [-0.3, -0.25) is 9.89 Å². The number of ether oxygens (including phenoxy) is 2. The predicted octanol–water partition coefficient (Wildman–Crippen LogP) is 1.36. The number of halogens is 1. The molecular formula is C17H36IN5O3. The molecule has 1 heterocycles. The van der Waals surface area contributed by atoms with Gasteiger partial charge in [-0.25, -0.2) is 4.79 Å². The molecule has 0 aromatic rings. The van der Waals surface area contributed by atoms with Crippen molar-refractivity contribution in [1.82, 2.24) is 20.4 Å². The zero-order chi connectivity index (χ0) is 18.7. The van der Waals surface area contributed by atoms with Gasteiger partial charge < -0.3 is 25.0 Å². The van der Waals surface area contributed by atoms with Gasteiger partial charge in [0, 0.05) is 52.9 Å². The standard InChI is InChI=1S/C17H35N5O3.HI/c1-6-18-15(20-8-14-24-5)19-7-9-21-10-12-22(13-11-21)16(23)25-17(2,3)4;/h6-14H2,1-5H3,(H2,18,19,20);1H. The number of carbonyl (C=O) groups is 1. The Hall–Kier alpha value is -0.810. The first-order valence-corrected chi connectivity index (χ1v) is 9.07. The van der Waals surface area contributed by atoms with Crippen LogP contribution in [0.1, 0.15) is 27.7 Å². The van der Waals surface area contributed by atoms with Gasteiger partial charge in [0.1, 0.15) is 5.60 Å². The molecule has 0 atom stereocenters. The van der Waals surface area contributed by atoms with E-state index >= 15 is 0 Å². The van der Waals surface area contributed by atoms with E-state index in [1.165, 1.54) is 0 Å². The molecule has 0 aromatic heterocycles. The Morgan fingerprint density at radius 2 is 1.81 bits per heavy atom. The molecule has 9 heteroatoms. The Kier molecular flexibility index (Phi) is 13.0. The van der Waals surface area contributed by atoms with Gasteiger partial charge in [-0.15, -0.1) is 24.0 Å². The molecule has 154 valence electrons. The lowest BCUT2D eigenvalue weighted by Crippen LogP contribution is -2.50. The number of amides is 1. The maximum atomic E-state index is 12.1. The number of nitrogens with one attached hydrogen (secondary N) is 2. The molecule has 0 spiro atoms. The number of nitrogens with zero attached hydrogens (tertiary/aromatic N) is 3. The number of aliphatic imine (C=N–C) groups is 1. The first kappa shape index (κ1) is 25.2. The van der Waals surface area contributed by atoms with E-state index in [9.17, 15) is 4.79 Å². The second-order valence-electron chi connectivity index (χ2n) is 6.99. The van der Waals surface area contributed by atoms with Crippen molar-refractivity contribution >= 4 is 36.0 Å². The third-order valence-corrected chi connectivity index (χ3v) is 3.65. The number of methoxy groups -OCH3 is 1. The van der Waals surface area contributed by atoms with Gasteiger partial charge in [0.15, 0.2) is 5.96 Å². The summed E-state index contributed by atoms with van der Waals surface area (Å²) < 4.78 is 10.5. The van der Waals surface area contributed by atoms with Gasteiger partial charge in [-0.05, 0) is 27.7 Å². The molecule has 8 nitrogen and oxygen atoms in total. The zero-order valence-electron chi connectivity index (χ0n) is 16.8. The molecule has 2 N–H and O–H groups in total. The normalized spacial score (nSPS) is 16.0. The van der Waals surface area contributed by atoms with Crippen LogP contribution in [-0.4, -0.2) is 93.5 Å². The maximum absolute atomic E-state index is 12.1. The van der Waals surface area contributed by atoms with Crippen LogP contribution >= 0.6 is 24.0 Å². The molecule has 1 saturated heterocycles. The Labute approximate surface area is 175 Å². The molecule has 0 bridgehead atoms. The highest BCUT2D eigenvalue weighted by Gasteiger charge is 2.25. The lowest BCUT2D eigenvalue weighted by Gasteiger charge is -2.35. The van der Waals surface area contributed by atoms with E-state index < -0.39 is 5.60 Å². The average Bonchev–Trinajstić information content (AvgIpc) is 2.54. The summed E-state index contributed by atoms with van der Waals surface area (Å²) in [6.07, 6.45) is -0.220. The highest BCUT2D eigenvalue weighted by Crippen LogP contribution is 2.11. The van der Waals surface area contributed by atoms with Gasteiger partial charge in [-0.1, -0.05) is 0 Å². The van der Waals surface area contributed by atoms with Crippen molar-refractivity contribution in [3.63, 3.8) is 0 Å². The van der Waals surface area contributed by atoms with E-state index in [0.29, 0.717) is 19.7 Å². The zero-order valence-corrected chi connectivity index (χ0v) is 19.2. The number of piperazine rings is 1. The molecule has 0 unspecified atom stereocenters. The lowest BCUT2D eigenvalue weighted by molar-refractivity contribution is 0.0148. The molecule has 1 amide bonds. The van der Waals surface area contributed by atoms with Gasteiger partial charge >= 0.3 is 6.09 Å². The third kappa shape index (κ3) is 11.0. The highest BCUT2D eigenvalue weighted by molar-refractivity contribution is 14.0. The van der Waals surface area contributed by atoms with Crippen LogP contribution in [0.4, 0.5) is 4.79 Å². The number of guanidine groups is 1. The second kappa shape index (κ2) is 13.4.